The first-order valence-corrected chi connectivity index (χ1v) is 10.2. The van der Waals surface area contributed by atoms with Gasteiger partial charge in [0.05, 0.1) is 0 Å². The van der Waals surface area contributed by atoms with Gasteiger partial charge in [0, 0.05) is 31.1 Å². The van der Waals surface area contributed by atoms with E-state index in [1.807, 2.05) is 4.90 Å². The lowest BCUT2D eigenvalue weighted by Gasteiger charge is -2.33. The van der Waals surface area contributed by atoms with Crippen LogP contribution >= 0.6 is 0 Å². The Hall–Kier alpha value is -1.92. The van der Waals surface area contributed by atoms with Gasteiger partial charge in [0.1, 0.15) is 6.04 Å². The number of amides is 2. The van der Waals surface area contributed by atoms with Crippen LogP contribution < -0.4 is 16.2 Å². The first kappa shape index (κ1) is 18.4. The highest BCUT2D eigenvalue weighted by Crippen LogP contribution is 2.30. The third kappa shape index (κ3) is 4.17. The molecule has 2 unspecified atom stereocenters. The molecule has 3 N–H and O–H groups in total. The minimum Gasteiger partial charge on any atom is -0.353 e. The zero-order valence-corrected chi connectivity index (χ0v) is 16.3. The van der Waals surface area contributed by atoms with Crippen molar-refractivity contribution in [3.63, 3.8) is 0 Å². The lowest BCUT2D eigenvalue weighted by atomic mass is 9.95. The molecular weight excluding hydrogens is 340 g/mol. The van der Waals surface area contributed by atoms with Crippen molar-refractivity contribution in [1.82, 2.24) is 21.1 Å². The first-order chi connectivity index (χ1) is 13.0. The smallest absolute Gasteiger partial charge is 0.241 e. The Morgan fingerprint density at radius 2 is 1.81 bits per heavy atom. The molecule has 4 rings (SSSR count). The number of nitrogens with one attached hydrogen (secondary N) is 3. The molecule has 27 heavy (non-hydrogen) atoms. The summed E-state index contributed by atoms with van der Waals surface area (Å²) in [6, 6.07) is 6.67. The molecule has 0 aromatic heterocycles. The Labute approximate surface area is 161 Å². The van der Waals surface area contributed by atoms with E-state index >= 15 is 0 Å². The normalized spacial score (nSPS) is 26.2. The summed E-state index contributed by atoms with van der Waals surface area (Å²) in [6.45, 7) is 5.67. The van der Waals surface area contributed by atoms with E-state index in [4.69, 9.17) is 0 Å². The molecule has 6 heteroatoms. The van der Waals surface area contributed by atoms with Crippen LogP contribution in [0.5, 0.6) is 0 Å². The number of benzene rings is 1. The largest absolute Gasteiger partial charge is 0.353 e. The highest BCUT2D eigenvalue weighted by molar-refractivity contribution is 5.83. The quantitative estimate of drug-likeness (QED) is 0.755. The molecule has 2 aliphatic heterocycles. The van der Waals surface area contributed by atoms with E-state index < -0.39 is 0 Å². The van der Waals surface area contributed by atoms with E-state index in [1.54, 1.807) is 0 Å². The van der Waals surface area contributed by atoms with E-state index in [1.165, 1.54) is 16.7 Å². The average molecular weight is 370 g/mol. The number of hydrazine groups is 1. The van der Waals surface area contributed by atoms with Gasteiger partial charge in [-0.1, -0.05) is 23.8 Å². The summed E-state index contributed by atoms with van der Waals surface area (Å²) in [7, 11) is 0. The standard InChI is InChI=1S/C21H30N4O2/c1-13-3-6-17(14(2)11-13)18-12-19(24-23-18)21(27)25-9-7-16(8-10-25)22-20(26)15-4-5-15/h3,6,11,15-16,18-19,23-24H,4-5,7-10,12H2,1-2H3,(H,22,26). The number of carbonyl (C=O) groups excluding carboxylic acids is 2. The molecule has 2 amide bonds. The maximum Gasteiger partial charge on any atom is 0.241 e. The van der Waals surface area contributed by atoms with Crippen LogP contribution in [0.1, 0.15) is 54.8 Å². The van der Waals surface area contributed by atoms with Crippen LogP contribution in [0.3, 0.4) is 0 Å². The number of carbonyl (C=O) groups is 2. The van der Waals surface area contributed by atoms with Crippen molar-refractivity contribution < 1.29 is 9.59 Å². The van der Waals surface area contributed by atoms with Gasteiger partial charge in [0.25, 0.3) is 0 Å². The van der Waals surface area contributed by atoms with Gasteiger partial charge in [-0.3, -0.25) is 9.59 Å². The predicted molar refractivity (Wildman–Crippen MR) is 104 cm³/mol. The summed E-state index contributed by atoms with van der Waals surface area (Å²) in [5.41, 5.74) is 10.3. The zero-order chi connectivity index (χ0) is 19.0. The molecule has 0 spiro atoms. The second-order valence-electron chi connectivity index (χ2n) is 8.37. The van der Waals surface area contributed by atoms with Crippen molar-refractivity contribution >= 4 is 11.8 Å². The number of aryl methyl sites for hydroxylation is 2. The minimum absolute atomic E-state index is 0.162. The van der Waals surface area contributed by atoms with Crippen LogP contribution in [-0.4, -0.2) is 41.9 Å². The van der Waals surface area contributed by atoms with Gasteiger partial charge in [-0.05, 0) is 57.1 Å². The second-order valence-corrected chi connectivity index (χ2v) is 8.37. The fourth-order valence-electron chi connectivity index (χ4n) is 4.27. The van der Waals surface area contributed by atoms with E-state index in [9.17, 15) is 9.59 Å². The van der Waals surface area contributed by atoms with Crippen LogP contribution in [0.4, 0.5) is 0 Å². The zero-order valence-electron chi connectivity index (χ0n) is 16.3. The molecule has 1 saturated carbocycles. The summed E-state index contributed by atoms with van der Waals surface area (Å²) in [4.78, 5) is 26.8. The summed E-state index contributed by atoms with van der Waals surface area (Å²) >= 11 is 0. The van der Waals surface area contributed by atoms with Crippen molar-refractivity contribution in [2.24, 2.45) is 5.92 Å². The maximum absolute atomic E-state index is 12.9. The average Bonchev–Trinajstić information content (AvgIpc) is 3.40. The van der Waals surface area contributed by atoms with Crippen molar-refractivity contribution in [3.05, 3.63) is 34.9 Å². The fourth-order valence-corrected chi connectivity index (χ4v) is 4.27. The molecule has 2 saturated heterocycles. The monoisotopic (exact) mass is 370 g/mol. The van der Waals surface area contributed by atoms with Crippen LogP contribution in [0.15, 0.2) is 18.2 Å². The molecule has 1 aromatic carbocycles. The van der Waals surface area contributed by atoms with Gasteiger partial charge < -0.3 is 10.2 Å². The Morgan fingerprint density at radius 1 is 1.07 bits per heavy atom. The SMILES string of the molecule is Cc1ccc(C2CC(C(=O)N3CCC(NC(=O)C4CC4)CC3)NN2)c(C)c1. The van der Waals surface area contributed by atoms with Crippen LogP contribution in [0.2, 0.25) is 0 Å². The summed E-state index contributed by atoms with van der Waals surface area (Å²) in [5.74, 6) is 0.625. The molecule has 0 radical (unpaired) electrons. The fraction of sp³-hybridized carbons (Fsp3) is 0.619. The van der Waals surface area contributed by atoms with E-state index in [-0.39, 0.29) is 35.9 Å². The van der Waals surface area contributed by atoms with E-state index in [2.05, 4.69) is 48.2 Å². The van der Waals surface area contributed by atoms with Crippen LogP contribution in [0.25, 0.3) is 0 Å². The van der Waals surface area contributed by atoms with Gasteiger partial charge >= 0.3 is 0 Å². The number of hydrogen-bond donors (Lipinski definition) is 3. The second kappa shape index (κ2) is 7.60. The molecule has 2 heterocycles. The van der Waals surface area contributed by atoms with Crippen LogP contribution in [0, 0.1) is 19.8 Å². The van der Waals surface area contributed by atoms with Gasteiger partial charge in [-0.25, -0.2) is 10.9 Å². The van der Waals surface area contributed by atoms with E-state index in [0.717, 1.165) is 45.2 Å². The van der Waals surface area contributed by atoms with E-state index in [0.29, 0.717) is 0 Å². The molecule has 1 aliphatic carbocycles. The number of nitrogens with zero attached hydrogens (tertiary/aromatic N) is 1. The van der Waals surface area contributed by atoms with Gasteiger partial charge in [-0.15, -0.1) is 0 Å². The van der Waals surface area contributed by atoms with Crippen molar-refractivity contribution in [3.8, 4) is 0 Å². The summed E-state index contributed by atoms with van der Waals surface area (Å²) in [6.07, 6.45) is 4.53. The number of piperidine rings is 1. The highest BCUT2D eigenvalue weighted by atomic mass is 16.2. The Kier molecular flexibility index (Phi) is 5.19. The third-order valence-corrected chi connectivity index (χ3v) is 6.10. The molecule has 3 aliphatic rings. The van der Waals surface area contributed by atoms with Crippen LogP contribution in [-0.2, 0) is 9.59 Å². The lowest BCUT2D eigenvalue weighted by molar-refractivity contribution is -0.134. The maximum atomic E-state index is 12.9. The highest BCUT2D eigenvalue weighted by Gasteiger charge is 2.36. The molecule has 2 atom stereocenters. The third-order valence-electron chi connectivity index (χ3n) is 6.10. The Bertz CT molecular complexity index is 723. The molecule has 6 nitrogen and oxygen atoms in total. The van der Waals surface area contributed by atoms with Crippen molar-refractivity contribution in [2.45, 2.75) is 64.1 Å². The molecule has 0 bridgehead atoms. The van der Waals surface area contributed by atoms with Gasteiger partial charge in [-0.2, -0.15) is 0 Å². The van der Waals surface area contributed by atoms with Crippen molar-refractivity contribution in [1.29, 1.82) is 0 Å². The van der Waals surface area contributed by atoms with Gasteiger partial charge in [0.2, 0.25) is 11.8 Å². The summed E-state index contributed by atoms with van der Waals surface area (Å²) in [5, 5.41) is 3.14. The number of rotatable bonds is 4. The molecule has 146 valence electrons. The topological polar surface area (TPSA) is 73.5 Å². The predicted octanol–water partition coefficient (Wildman–Crippen LogP) is 1.73. The van der Waals surface area contributed by atoms with Crippen molar-refractivity contribution in [2.75, 3.05) is 13.1 Å². The molecule has 3 fully saturated rings. The lowest BCUT2D eigenvalue weighted by Crippen LogP contribution is -2.51. The molecule has 1 aromatic rings. The van der Waals surface area contributed by atoms with Gasteiger partial charge in [0.15, 0.2) is 0 Å². The Morgan fingerprint density at radius 3 is 2.48 bits per heavy atom. The Balaban J connectivity index is 1.28. The molecular formula is C21H30N4O2. The number of hydrogen-bond acceptors (Lipinski definition) is 4. The first-order valence-electron chi connectivity index (χ1n) is 10.2. The summed E-state index contributed by atoms with van der Waals surface area (Å²) < 4.78 is 0. The number of likely N-dealkylation sites (tertiary alicyclic amines) is 1. The minimum atomic E-state index is -0.187.